The second kappa shape index (κ2) is 10.2. The minimum atomic E-state index is -0.610. The van der Waals surface area contributed by atoms with Crippen LogP contribution in [0.15, 0.2) is 48.7 Å². The molecular weight excluding hydrogens is 481 g/mol. The maximum Gasteiger partial charge on any atom is 0.356 e. The van der Waals surface area contributed by atoms with Gasteiger partial charge in [0.15, 0.2) is 5.11 Å². The summed E-state index contributed by atoms with van der Waals surface area (Å²) >= 11 is 23.8. The van der Waals surface area contributed by atoms with Crippen molar-refractivity contribution >= 4 is 69.7 Å². The number of rotatable bonds is 5. The van der Waals surface area contributed by atoms with Gasteiger partial charge in [0.1, 0.15) is 5.69 Å². The lowest BCUT2D eigenvalue weighted by molar-refractivity contribution is 0.0596. The Bertz CT molecular complexity index is 1150. The fourth-order valence-corrected chi connectivity index (χ4v) is 3.77. The predicted octanol–water partition coefficient (Wildman–Crippen LogP) is 5.48. The third-order valence-electron chi connectivity index (χ3n) is 4.30. The zero-order chi connectivity index (χ0) is 22.5. The van der Waals surface area contributed by atoms with Crippen LogP contribution in [-0.2, 0) is 11.2 Å². The lowest BCUT2D eigenvalue weighted by Gasteiger charge is -2.13. The summed E-state index contributed by atoms with van der Waals surface area (Å²) in [6.07, 6.45) is 1.89. The molecule has 2 aromatic carbocycles. The zero-order valence-corrected chi connectivity index (χ0v) is 19.2. The van der Waals surface area contributed by atoms with Gasteiger partial charge in [-0.15, -0.1) is 0 Å². The molecule has 0 unspecified atom stereocenters. The highest BCUT2D eigenvalue weighted by Crippen LogP contribution is 2.33. The molecule has 3 aromatic rings. The van der Waals surface area contributed by atoms with Crippen LogP contribution in [0.4, 0.5) is 5.69 Å². The zero-order valence-electron chi connectivity index (χ0n) is 16.1. The topological polar surface area (TPSA) is 83.2 Å². The number of nitrogens with one attached hydrogen (secondary N) is 3. The van der Waals surface area contributed by atoms with Crippen LogP contribution in [0.5, 0.6) is 0 Å². The fraction of sp³-hybridized carbons (Fsp3) is 0.0952. The van der Waals surface area contributed by atoms with Gasteiger partial charge in [-0.2, -0.15) is 0 Å². The van der Waals surface area contributed by atoms with Crippen LogP contribution < -0.4 is 10.6 Å². The molecule has 0 fully saturated rings. The number of methoxy groups -OCH3 is 1. The Morgan fingerprint density at radius 3 is 2.48 bits per heavy atom. The highest BCUT2D eigenvalue weighted by atomic mass is 35.5. The van der Waals surface area contributed by atoms with Crippen LogP contribution in [-0.4, -0.2) is 29.1 Å². The smallest absolute Gasteiger partial charge is 0.356 e. The van der Waals surface area contributed by atoms with Crippen molar-refractivity contribution < 1.29 is 14.3 Å². The van der Waals surface area contributed by atoms with Gasteiger partial charge in [0, 0.05) is 23.2 Å². The molecule has 3 N–H and O–H groups in total. The van der Waals surface area contributed by atoms with Crippen LogP contribution in [0, 0.1) is 0 Å². The van der Waals surface area contributed by atoms with Crippen LogP contribution in [0.25, 0.3) is 0 Å². The maximum atomic E-state index is 12.4. The Morgan fingerprint density at radius 2 is 1.81 bits per heavy atom. The molecule has 0 atom stereocenters. The SMILES string of the molecule is COC(=O)c1[nH]cc(Cc2cc(Cl)cc(Cl)c2Cl)c1NC(=S)NC(=O)c1ccccc1. The predicted molar refractivity (Wildman–Crippen MR) is 127 cm³/mol. The van der Waals surface area contributed by atoms with Gasteiger partial charge in [-0.1, -0.05) is 53.0 Å². The van der Waals surface area contributed by atoms with E-state index in [4.69, 9.17) is 51.8 Å². The van der Waals surface area contributed by atoms with E-state index >= 15 is 0 Å². The van der Waals surface area contributed by atoms with Gasteiger partial charge in [-0.3, -0.25) is 10.1 Å². The molecule has 1 heterocycles. The number of hydrogen-bond donors (Lipinski definition) is 3. The second-order valence-corrected chi connectivity index (χ2v) is 8.00. The Morgan fingerprint density at radius 1 is 1.10 bits per heavy atom. The summed E-state index contributed by atoms with van der Waals surface area (Å²) in [4.78, 5) is 27.4. The Labute approximate surface area is 198 Å². The number of H-pyrrole nitrogens is 1. The van der Waals surface area contributed by atoms with E-state index in [1.165, 1.54) is 7.11 Å². The summed E-state index contributed by atoms with van der Waals surface area (Å²) in [7, 11) is 1.26. The van der Waals surface area contributed by atoms with Gasteiger partial charge < -0.3 is 15.0 Å². The first-order chi connectivity index (χ1) is 14.8. The van der Waals surface area contributed by atoms with E-state index in [-0.39, 0.29) is 23.1 Å². The molecule has 0 saturated heterocycles. The molecule has 0 aliphatic rings. The number of hydrogen-bond acceptors (Lipinski definition) is 4. The average molecular weight is 497 g/mol. The molecule has 10 heteroatoms. The molecule has 0 aliphatic carbocycles. The molecule has 160 valence electrons. The third-order valence-corrected chi connectivity index (χ3v) is 5.57. The first kappa shape index (κ1) is 23.1. The third kappa shape index (κ3) is 5.57. The molecule has 3 rings (SSSR count). The molecule has 6 nitrogen and oxygen atoms in total. The minimum Gasteiger partial charge on any atom is -0.464 e. The highest BCUT2D eigenvalue weighted by Gasteiger charge is 2.21. The van der Waals surface area contributed by atoms with Crippen molar-refractivity contribution in [2.75, 3.05) is 12.4 Å². The number of ether oxygens (including phenoxy) is 1. The van der Waals surface area contributed by atoms with E-state index < -0.39 is 5.97 Å². The molecule has 1 amide bonds. The molecular formula is C21H16Cl3N3O3S. The summed E-state index contributed by atoms with van der Waals surface area (Å²) in [5.41, 5.74) is 2.21. The molecule has 31 heavy (non-hydrogen) atoms. The number of benzene rings is 2. The van der Waals surface area contributed by atoms with Crippen molar-refractivity contribution in [1.29, 1.82) is 0 Å². The molecule has 0 bridgehead atoms. The van der Waals surface area contributed by atoms with E-state index in [1.54, 1.807) is 48.7 Å². The normalized spacial score (nSPS) is 10.5. The van der Waals surface area contributed by atoms with Gasteiger partial charge >= 0.3 is 5.97 Å². The highest BCUT2D eigenvalue weighted by molar-refractivity contribution is 7.80. The Balaban J connectivity index is 1.88. The van der Waals surface area contributed by atoms with Crippen LogP contribution in [0.2, 0.25) is 15.1 Å². The summed E-state index contributed by atoms with van der Waals surface area (Å²) < 4.78 is 4.83. The number of aromatic amines is 1. The van der Waals surface area contributed by atoms with Gasteiger partial charge in [0.05, 0.1) is 22.8 Å². The quantitative estimate of drug-likeness (QED) is 0.247. The van der Waals surface area contributed by atoms with Gasteiger partial charge in [-0.05, 0) is 47.6 Å². The first-order valence-corrected chi connectivity index (χ1v) is 10.4. The largest absolute Gasteiger partial charge is 0.464 e. The fourth-order valence-electron chi connectivity index (χ4n) is 2.86. The summed E-state index contributed by atoms with van der Waals surface area (Å²) in [6.45, 7) is 0. The molecule has 0 radical (unpaired) electrons. The van der Waals surface area contributed by atoms with Crippen molar-refractivity contribution in [3.8, 4) is 0 Å². The Hall–Kier alpha value is -2.58. The maximum absolute atomic E-state index is 12.4. The van der Waals surface area contributed by atoms with Gasteiger partial charge in [-0.25, -0.2) is 4.79 Å². The second-order valence-electron chi connectivity index (χ2n) is 6.37. The number of carbonyl (C=O) groups excluding carboxylic acids is 2. The number of halogens is 3. The van der Waals surface area contributed by atoms with E-state index in [1.807, 2.05) is 0 Å². The summed E-state index contributed by atoms with van der Waals surface area (Å²) in [5.74, 6) is -0.999. The number of aromatic nitrogens is 1. The summed E-state index contributed by atoms with van der Waals surface area (Å²) in [5, 5.41) is 6.58. The van der Waals surface area contributed by atoms with E-state index in [0.717, 1.165) is 0 Å². The summed E-state index contributed by atoms with van der Waals surface area (Å²) in [6, 6.07) is 11.8. The van der Waals surface area contributed by atoms with Crippen LogP contribution >= 0.6 is 47.0 Å². The van der Waals surface area contributed by atoms with E-state index in [2.05, 4.69) is 15.6 Å². The van der Waals surface area contributed by atoms with Crippen molar-refractivity contribution in [2.24, 2.45) is 0 Å². The molecule has 1 aromatic heterocycles. The van der Waals surface area contributed by atoms with Gasteiger partial charge in [0.2, 0.25) is 0 Å². The minimum absolute atomic E-state index is 0.00933. The Kier molecular flexibility index (Phi) is 7.56. The monoisotopic (exact) mass is 495 g/mol. The van der Waals surface area contributed by atoms with Crippen molar-refractivity contribution in [2.45, 2.75) is 6.42 Å². The molecule has 0 spiro atoms. The first-order valence-electron chi connectivity index (χ1n) is 8.89. The van der Waals surface area contributed by atoms with Gasteiger partial charge in [0.25, 0.3) is 5.91 Å². The van der Waals surface area contributed by atoms with Crippen molar-refractivity contribution in [1.82, 2.24) is 10.3 Å². The number of esters is 1. The number of amides is 1. The number of thiocarbonyl (C=S) groups is 1. The van der Waals surface area contributed by atoms with Crippen molar-refractivity contribution in [3.05, 3.63) is 86.1 Å². The lowest BCUT2D eigenvalue weighted by Crippen LogP contribution is -2.34. The average Bonchev–Trinajstić information content (AvgIpc) is 3.13. The van der Waals surface area contributed by atoms with E-state index in [9.17, 15) is 9.59 Å². The number of anilines is 1. The molecule has 0 aliphatic heterocycles. The van der Waals surface area contributed by atoms with E-state index in [0.29, 0.717) is 37.4 Å². The van der Waals surface area contributed by atoms with Crippen LogP contribution in [0.3, 0.4) is 0 Å². The van der Waals surface area contributed by atoms with Crippen LogP contribution in [0.1, 0.15) is 32.0 Å². The molecule has 0 saturated carbocycles. The lowest BCUT2D eigenvalue weighted by atomic mass is 10.1. The number of carbonyl (C=O) groups is 2. The van der Waals surface area contributed by atoms with Crippen molar-refractivity contribution in [3.63, 3.8) is 0 Å². The standard InChI is InChI=1S/C21H16Cl3N3O3S/c1-30-20(29)18-17(26-21(31)27-19(28)11-5-3-2-4-6-11)13(10-25-18)7-12-8-14(22)9-15(23)16(12)24/h2-6,8-10,25H,7H2,1H3,(H2,26,27,28,31).